The maximum Gasteiger partial charge on any atom is 0.251 e. The molecule has 10 aromatic carbocycles. The first-order valence-corrected chi connectivity index (χ1v) is 43.5. The Bertz CT molecular complexity index is 5140. The molecule has 0 unspecified atom stereocenters. The van der Waals surface area contributed by atoms with E-state index in [1.165, 1.54) is 22.8 Å². The van der Waals surface area contributed by atoms with Gasteiger partial charge < -0.3 is 85.7 Å². The van der Waals surface area contributed by atoms with Crippen molar-refractivity contribution in [2.75, 3.05) is 85.6 Å². The Morgan fingerprint density at radius 3 is 1.27 bits per heavy atom. The Kier molecular flexibility index (Phi) is 35.7. The van der Waals surface area contributed by atoms with E-state index in [0.717, 1.165) is 61.3 Å². The van der Waals surface area contributed by atoms with Crippen molar-refractivity contribution in [3.63, 3.8) is 0 Å². The van der Waals surface area contributed by atoms with E-state index in [4.69, 9.17) is 39.1 Å². The number of hydrogen-bond acceptors (Lipinski definition) is 13. The van der Waals surface area contributed by atoms with Crippen molar-refractivity contribution in [2.24, 2.45) is 49.4 Å². The molecule has 6 atom stereocenters. The van der Waals surface area contributed by atoms with Gasteiger partial charge in [0.1, 0.15) is 5.75 Å². The number of fused-ring (bicyclic) bond motifs is 2. The normalized spacial score (nSPS) is 17.3. The van der Waals surface area contributed by atoms with Crippen molar-refractivity contribution in [1.82, 2.24) is 46.6 Å². The second-order valence-corrected chi connectivity index (χ2v) is 32.3. The van der Waals surface area contributed by atoms with Gasteiger partial charge in [0.25, 0.3) is 11.8 Å². The zero-order valence-corrected chi connectivity index (χ0v) is 72.0. The average Bonchev–Trinajstić information content (AvgIpc) is 1.18. The number of guanidine groups is 3. The molecule has 6 amide bonds. The summed E-state index contributed by atoms with van der Waals surface area (Å²) in [7, 11) is 1.61. The molecule has 0 saturated carbocycles. The van der Waals surface area contributed by atoms with Gasteiger partial charge in [-0.15, -0.1) is 0 Å². The van der Waals surface area contributed by atoms with Crippen LogP contribution in [0.4, 0.5) is 0 Å². The molecule has 0 radical (unpaired) electrons. The summed E-state index contributed by atoms with van der Waals surface area (Å²) in [5.74, 6) is 0.675. The van der Waals surface area contributed by atoms with Crippen molar-refractivity contribution in [3.05, 3.63) is 310 Å². The van der Waals surface area contributed by atoms with Gasteiger partial charge in [-0.05, 0) is 174 Å². The second-order valence-electron chi connectivity index (χ2n) is 31.4. The highest BCUT2D eigenvalue weighted by atomic mass is 79.9. The predicted molar refractivity (Wildman–Crippen MR) is 500 cm³/mol. The van der Waals surface area contributed by atoms with Crippen LogP contribution in [-0.2, 0) is 25.6 Å². The highest BCUT2D eigenvalue weighted by Gasteiger charge is 2.36. The van der Waals surface area contributed by atoms with Gasteiger partial charge in [0, 0.05) is 130 Å². The van der Waals surface area contributed by atoms with E-state index >= 15 is 0 Å². The van der Waals surface area contributed by atoms with Crippen LogP contribution >= 0.6 is 15.9 Å². The summed E-state index contributed by atoms with van der Waals surface area (Å²) in [6.45, 7) is 6.18. The summed E-state index contributed by atoms with van der Waals surface area (Å²) in [6.07, 6.45) is 10.00. The maximum absolute atomic E-state index is 14.0. The van der Waals surface area contributed by atoms with E-state index in [0.29, 0.717) is 141 Å². The van der Waals surface area contributed by atoms with Gasteiger partial charge >= 0.3 is 0 Å². The second kappa shape index (κ2) is 48.2. The van der Waals surface area contributed by atoms with Gasteiger partial charge in [-0.25, -0.2) is 0 Å². The molecule has 18 N–H and O–H groups in total. The topological polar surface area (TPSA) is 387 Å². The quantitative estimate of drug-likeness (QED) is 0.00772. The summed E-state index contributed by atoms with van der Waals surface area (Å²) in [5, 5.41) is 23.9. The van der Waals surface area contributed by atoms with E-state index < -0.39 is 12.1 Å². The standard InChI is InChI=1S/C35H39BrN6O2.C34H42N6O3.C29H36N6O2/c36-29-16-15-26-20-28(14-13-27(26)21-29)33(43)40-22-30-17-19-42(34(44)32(41-30)12-7-18-39-35(37)38)23-31(24-8-3-1-4-9-24)25-10-5-2-6-11-25;1-43-29-15-8-10-25(22-29)17-18-32(41)38-23-28-19-21-40(33(42)31(39-28)16-9-20-37-34(35)36)24-30(26-11-4-2-5-12-26)27-13-6-3-7-14-27;30-29(31)32-16-6-11-26-28(37)35(17-14-21-7-2-1-3-8-21)18-15-25(34-26)20-33-27(36)24-13-12-22-9-4-5-10-23(22)19-24/h1-6,8-11,13-16,20-21,30-32,41H,7,12,17-19,22-23H2,(H,40,43)(H4,37,38,39);2-8,10-15,17-18,22,28,30-31,39H,9,16,19-21,23-24H2,1H3,(H,38,41)(H4,35,36,37);1-5,7-10,12-13,19,25-26,34H,6,11,14-18,20H2,(H,33,36)(H4,30,31,32)/b;18-17+;/t30-,32-;28-,31-;25-,26-/m000/s1. The van der Waals surface area contributed by atoms with Crippen LogP contribution in [0.1, 0.15) is 124 Å². The fourth-order valence-corrected chi connectivity index (χ4v) is 16.2. The molecule has 3 aliphatic rings. The largest absolute Gasteiger partial charge is 0.497 e. The molecule has 3 heterocycles. The van der Waals surface area contributed by atoms with Crippen LogP contribution in [0.5, 0.6) is 5.75 Å². The molecular formula is C98H117BrN18O7. The zero-order valence-electron chi connectivity index (χ0n) is 70.5. The lowest BCUT2D eigenvalue weighted by Crippen LogP contribution is -2.49. The molecule has 648 valence electrons. The van der Waals surface area contributed by atoms with E-state index in [2.05, 4.69) is 123 Å². The number of aliphatic imine (C=N–C) groups is 3. The third kappa shape index (κ3) is 29.0. The smallest absolute Gasteiger partial charge is 0.251 e. The molecule has 124 heavy (non-hydrogen) atoms. The van der Waals surface area contributed by atoms with E-state index in [9.17, 15) is 28.8 Å². The molecule has 0 aliphatic carbocycles. The number of nitrogens with zero attached hydrogens (tertiary/aromatic N) is 6. The van der Waals surface area contributed by atoms with Crippen LogP contribution in [-0.4, -0.2) is 190 Å². The minimum atomic E-state index is -0.418. The van der Waals surface area contributed by atoms with Gasteiger partial charge in [0.05, 0.1) is 25.2 Å². The first-order chi connectivity index (χ1) is 60.3. The minimum Gasteiger partial charge on any atom is -0.497 e. The van der Waals surface area contributed by atoms with Crippen LogP contribution in [0.15, 0.2) is 280 Å². The van der Waals surface area contributed by atoms with Crippen LogP contribution in [0.25, 0.3) is 27.6 Å². The summed E-state index contributed by atoms with van der Waals surface area (Å²) in [4.78, 5) is 98.2. The number of ether oxygens (including phenoxy) is 1. The summed E-state index contributed by atoms with van der Waals surface area (Å²) >= 11 is 3.50. The number of carbonyl (C=O) groups excluding carboxylic acids is 6. The summed E-state index contributed by atoms with van der Waals surface area (Å²) in [6, 6.07) is 83.0. The van der Waals surface area contributed by atoms with Crippen molar-refractivity contribution >= 4 is 96.9 Å². The van der Waals surface area contributed by atoms with Crippen molar-refractivity contribution < 1.29 is 33.5 Å². The van der Waals surface area contributed by atoms with Crippen LogP contribution in [0.3, 0.4) is 0 Å². The minimum absolute atomic E-state index is 0.0249. The molecule has 13 rings (SSSR count). The number of methoxy groups -OCH3 is 1. The van der Waals surface area contributed by atoms with Gasteiger partial charge in [0.15, 0.2) is 17.9 Å². The van der Waals surface area contributed by atoms with Gasteiger partial charge in [0.2, 0.25) is 23.6 Å². The number of nitrogens with one attached hydrogen (secondary N) is 6. The molecule has 10 aromatic rings. The molecule has 3 fully saturated rings. The number of hydrogen-bond donors (Lipinski definition) is 12. The number of benzene rings is 10. The molecule has 25 nitrogen and oxygen atoms in total. The van der Waals surface area contributed by atoms with Crippen molar-refractivity contribution in [3.8, 4) is 5.75 Å². The predicted octanol–water partition coefficient (Wildman–Crippen LogP) is 10.5. The highest BCUT2D eigenvalue weighted by Crippen LogP contribution is 2.31. The lowest BCUT2D eigenvalue weighted by Gasteiger charge is -2.29. The lowest BCUT2D eigenvalue weighted by molar-refractivity contribution is -0.133. The average molecular weight is 1740 g/mol. The Labute approximate surface area is 735 Å². The third-order valence-electron chi connectivity index (χ3n) is 22.5. The maximum atomic E-state index is 14.0. The first-order valence-electron chi connectivity index (χ1n) is 42.7. The highest BCUT2D eigenvalue weighted by molar-refractivity contribution is 9.10. The molecule has 0 spiro atoms. The fraction of sp³-hybridized carbons (Fsp3) is 0.316. The van der Waals surface area contributed by atoms with Gasteiger partial charge in [-0.1, -0.05) is 222 Å². The third-order valence-corrected chi connectivity index (χ3v) is 23.0. The first kappa shape index (κ1) is 92.0. The summed E-state index contributed by atoms with van der Waals surface area (Å²) < 4.78 is 6.25. The number of halogens is 1. The van der Waals surface area contributed by atoms with Crippen LogP contribution in [0.2, 0.25) is 0 Å². The number of rotatable bonds is 34. The Morgan fingerprint density at radius 1 is 0.444 bits per heavy atom. The molecule has 3 aliphatic heterocycles. The van der Waals surface area contributed by atoms with Crippen molar-refractivity contribution in [2.45, 2.75) is 112 Å². The monoisotopic (exact) mass is 1740 g/mol. The Morgan fingerprint density at radius 2 is 0.823 bits per heavy atom. The molecular weight excluding hydrogens is 1620 g/mol. The SMILES string of the molecule is COc1cccc(/C=C/C(=O)NC[C@@H]2CCN(CC(c3ccccc3)c3ccccc3)C(=O)[C@H](CCCN=C(N)N)N2)c1.NC(N)=NCCC[C@@H]1N[C@H](CNC(=O)c2ccc3cc(Br)ccc3c2)CCN(CC(c2ccccc2)c2ccccc2)C1=O.NC(N)=NCCC[C@@H]1N[C@H](CNC(=O)c2ccc3ccccc3c2)CCN(CCc2ccccc2)C1=O. The van der Waals surface area contributed by atoms with Crippen LogP contribution < -0.4 is 71.0 Å². The van der Waals surface area contributed by atoms with E-state index in [1.54, 1.807) is 13.2 Å². The lowest BCUT2D eigenvalue weighted by atomic mass is 9.90. The number of nitrogens with two attached hydrogens (primary N) is 6. The summed E-state index contributed by atoms with van der Waals surface area (Å²) in [5.41, 5.74) is 40.9. The van der Waals surface area contributed by atoms with Gasteiger partial charge in [-0.2, -0.15) is 0 Å². The fourth-order valence-electron chi connectivity index (χ4n) is 15.9. The van der Waals surface area contributed by atoms with E-state index in [-0.39, 0.29) is 89.3 Å². The van der Waals surface area contributed by atoms with Gasteiger partial charge in [-0.3, -0.25) is 43.7 Å². The van der Waals surface area contributed by atoms with Crippen molar-refractivity contribution in [1.29, 1.82) is 0 Å². The van der Waals surface area contributed by atoms with E-state index in [1.807, 2.05) is 209 Å². The Hall–Kier alpha value is -12.8. The zero-order chi connectivity index (χ0) is 87.4. The van der Waals surface area contributed by atoms with Crippen LogP contribution in [0, 0.1) is 0 Å². The number of amides is 6. The molecule has 26 heteroatoms. The Balaban J connectivity index is 0.000000182. The molecule has 3 saturated heterocycles. The number of carbonyl (C=O) groups is 6. The molecule has 0 bridgehead atoms. The molecule has 0 aromatic heterocycles.